The quantitative estimate of drug-likeness (QED) is 0.447. The fourth-order valence-electron chi connectivity index (χ4n) is 4.17. The molecule has 0 spiro atoms. The van der Waals surface area contributed by atoms with Gasteiger partial charge in [0.2, 0.25) is 0 Å². The zero-order chi connectivity index (χ0) is 28.8. The Morgan fingerprint density at radius 2 is 1.90 bits per heavy atom. The van der Waals surface area contributed by atoms with Gasteiger partial charge in [-0.05, 0) is 55.9 Å². The van der Waals surface area contributed by atoms with E-state index in [9.17, 15) is 18.8 Å². The van der Waals surface area contributed by atoms with Crippen LogP contribution in [0.5, 0.6) is 0 Å². The van der Waals surface area contributed by atoms with E-state index in [1.807, 2.05) is 4.90 Å². The standard InChI is InChI=1S/C29H30ClFN6O3/c1-4-20-15-23(29(40)35-26(20)33-18(2)37-12-10-36(3)11-13-37)28(39)34-25-16-21(8-9-24(25)30)27(38)32-17-19-6-5-7-22(31)14-19/h4-9,14-16H,2,10-13,17H2,1,3H3,(H,32,38)(H,34,39)(H,33,35,40)/b20-4-. The minimum atomic E-state index is -0.701. The molecule has 40 heavy (non-hydrogen) atoms. The van der Waals surface area contributed by atoms with E-state index in [0.717, 1.165) is 26.2 Å². The second kappa shape index (κ2) is 12.7. The van der Waals surface area contributed by atoms with Crippen molar-refractivity contribution in [1.29, 1.82) is 0 Å². The summed E-state index contributed by atoms with van der Waals surface area (Å²) in [6, 6.07) is 10.3. The SMILES string of the molecule is C=C(/N=C1/NC(=O)C(C(=O)Nc2cc(C(=O)NCc3cccc(F)c3)ccc2Cl)=C/C1=C/C)N1CCN(C)CC1. The number of aliphatic imine (C=N–C) groups is 1. The normalized spacial score (nSPS) is 17.9. The summed E-state index contributed by atoms with van der Waals surface area (Å²) in [5, 5.41) is 8.19. The number of rotatable bonds is 7. The molecular formula is C29H30ClFN6O3. The van der Waals surface area contributed by atoms with Crippen molar-refractivity contribution in [3.63, 3.8) is 0 Å². The molecule has 0 aromatic heterocycles. The van der Waals surface area contributed by atoms with Crippen LogP contribution >= 0.6 is 11.6 Å². The average Bonchev–Trinajstić information content (AvgIpc) is 2.93. The zero-order valence-electron chi connectivity index (χ0n) is 22.3. The van der Waals surface area contributed by atoms with Gasteiger partial charge in [0.1, 0.15) is 23.0 Å². The van der Waals surface area contributed by atoms with Crippen LogP contribution in [0, 0.1) is 5.82 Å². The van der Waals surface area contributed by atoms with Crippen LogP contribution < -0.4 is 16.0 Å². The number of benzene rings is 2. The smallest absolute Gasteiger partial charge is 0.262 e. The van der Waals surface area contributed by atoms with Crippen molar-refractivity contribution < 1.29 is 18.8 Å². The predicted molar refractivity (Wildman–Crippen MR) is 153 cm³/mol. The highest BCUT2D eigenvalue weighted by Crippen LogP contribution is 2.25. The molecule has 1 fully saturated rings. The molecule has 11 heteroatoms. The molecule has 2 heterocycles. The Labute approximate surface area is 237 Å². The third-order valence-corrected chi connectivity index (χ3v) is 6.86. The van der Waals surface area contributed by atoms with Gasteiger partial charge in [0, 0.05) is 43.9 Å². The second-order valence-electron chi connectivity index (χ2n) is 9.38. The van der Waals surface area contributed by atoms with Crippen LogP contribution in [0.25, 0.3) is 0 Å². The highest BCUT2D eigenvalue weighted by atomic mass is 35.5. The monoisotopic (exact) mass is 564 g/mol. The topological polar surface area (TPSA) is 106 Å². The molecule has 1 saturated heterocycles. The Balaban J connectivity index is 1.45. The summed E-state index contributed by atoms with van der Waals surface area (Å²) < 4.78 is 13.4. The number of carbonyl (C=O) groups excluding carboxylic acids is 3. The number of piperazine rings is 1. The maximum absolute atomic E-state index is 13.4. The van der Waals surface area contributed by atoms with Gasteiger partial charge in [0.05, 0.1) is 10.7 Å². The molecule has 2 aromatic rings. The van der Waals surface area contributed by atoms with Crippen molar-refractivity contribution in [2.24, 2.45) is 4.99 Å². The Morgan fingerprint density at radius 3 is 2.60 bits per heavy atom. The average molecular weight is 565 g/mol. The Morgan fingerprint density at radius 1 is 1.15 bits per heavy atom. The van der Waals surface area contributed by atoms with Gasteiger partial charge in [0.15, 0.2) is 0 Å². The lowest BCUT2D eigenvalue weighted by Crippen LogP contribution is -2.44. The van der Waals surface area contributed by atoms with Crippen molar-refractivity contribution in [2.45, 2.75) is 13.5 Å². The number of likely N-dealkylation sites (N-methyl/N-ethyl adjacent to an activating group) is 1. The van der Waals surface area contributed by atoms with Crippen LogP contribution in [-0.2, 0) is 16.1 Å². The Hall–Kier alpha value is -4.28. The number of allylic oxidation sites excluding steroid dienone is 1. The number of nitrogens with zero attached hydrogens (tertiary/aromatic N) is 3. The third-order valence-electron chi connectivity index (χ3n) is 6.53. The molecule has 0 saturated carbocycles. The van der Waals surface area contributed by atoms with Gasteiger partial charge in [-0.3, -0.25) is 14.4 Å². The van der Waals surface area contributed by atoms with E-state index in [1.54, 1.807) is 25.1 Å². The van der Waals surface area contributed by atoms with Crippen LogP contribution in [-0.4, -0.2) is 66.6 Å². The second-order valence-corrected chi connectivity index (χ2v) is 9.79. The van der Waals surface area contributed by atoms with E-state index >= 15 is 0 Å². The van der Waals surface area contributed by atoms with Crippen molar-refractivity contribution in [1.82, 2.24) is 20.4 Å². The van der Waals surface area contributed by atoms with E-state index in [0.29, 0.717) is 22.8 Å². The maximum atomic E-state index is 13.4. The number of anilines is 1. The van der Waals surface area contributed by atoms with Gasteiger partial charge >= 0.3 is 0 Å². The lowest BCUT2D eigenvalue weighted by Gasteiger charge is -2.33. The number of halogens is 2. The van der Waals surface area contributed by atoms with Gasteiger partial charge in [0.25, 0.3) is 17.7 Å². The Kier molecular flexibility index (Phi) is 9.13. The zero-order valence-corrected chi connectivity index (χ0v) is 23.0. The number of nitrogens with one attached hydrogen (secondary N) is 3. The van der Waals surface area contributed by atoms with Crippen molar-refractivity contribution >= 4 is 40.8 Å². The molecule has 0 atom stereocenters. The molecule has 9 nitrogen and oxygen atoms in total. The van der Waals surface area contributed by atoms with Gasteiger partial charge in [-0.15, -0.1) is 0 Å². The molecule has 2 aliphatic heterocycles. The molecule has 4 rings (SSSR count). The molecule has 0 bridgehead atoms. The summed E-state index contributed by atoms with van der Waals surface area (Å²) in [6.45, 7) is 9.25. The first-order valence-corrected chi connectivity index (χ1v) is 13.1. The van der Waals surface area contributed by atoms with E-state index < -0.39 is 23.5 Å². The lowest BCUT2D eigenvalue weighted by atomic mass is 10.0. The predicted octanol–water partition coefficient (Wildman–Crippen LogP) is 3.47. The molecule has 0 aliphatic carbocycles. The molecular weight excluding hydrogens is 535 g/mol. The van der Waals surface area contributed by atoms with Gasteiger partial charge in [-0.2, -0.15) is 0 Å². The van der Waals surface area contributed by atoms with Crippen molar-refractivity contribution in [2.75, 3.05) is 38.5 Å². The van der Waals surface area contributed by atoms with E-state index in [2.05, 4.69) is 39.5 Å². The number of hydrogen-bond donors (Lipinski definition) is 3. The van der Waals surface area contributed by atoms with E-state index in [-0.39, 0.29) is 28.4 Å². The third kappa shape index (κ3) is 7.02. The lowest BCUT2D eigenvalue weighted by molar-refractivity contribution is -0.120. The summed E-state index contributed by atoms with van der Waals surface area (Å²) >= 11 is 6.27. The number of carbonyl (C=O) groups is 3. The first-order valence-electron chi connectivity index (χ1n) is 12.7. The van der Waals surface area contributed by atoms with Crippen LogP contribution in [0.4, 0.5) is 10.1 Å². The van der Waals surface area contributed by atoms with Crippen LogP contribution in [0.15, 0.2) is 83.2 Å². The number of amidine groups is 1. The van der Waals surface area contributed by atoms with E-state index in [1.165, 1.54) is 36.4 Å². The van der Waals surface area contributed by atoms with Gasteiger partial charge < -0.3 is 25.8 Å². The van der Waals surface area contributed by atoms with E-state index in [4.69, 9.17) is 11.6 Å². The minimum absolute atomic E-state index is 0.116. The molecule has 208 valence electrons. The van der Waals surface area contributed by atoms with Crippen LogP contribution in [0.1, 0.15) is 22.8 Å². The fraction of sp³-hybridized carbons (Fsp3) is 0.241. The fourth-order valence-corrected chi connectivity index (χ4v) is 4.33. The van der Waals surface area contributed by atoms with Crippen LogP contribution in [0.2, 0.25) is 5.02 Å². The summed E-state index contributed by atoms with van der Waals surface area (Å²) in [7, 11) is 2.05. The van der Waals surface area contributed by atoms with Gasteiger partial charge in [-0.1, -0.05) is 36.4 Å². The van der Waals surface area contributed by atoms with Crippen LogP contribution in [0.3, 0.4) is 0 Å². The molecule has 3 N–H and O–H groups in total. The number of hydrogen-bond acceptors (Lipinski definition) is 6. The molecule has 0 radical (unpaired) electrons. The highest BCUT2D eigenvalue weighted by Gasteiger charge is 2.27. The summed E-state index contributed by atoms with van der Waals surface area (Å²) in [5.74, 6) is -1.33. The molecule has 0 unspecified atom stereocenters. The minimum Gasteiger partial charge on any atom is -0.354 e. The largest absolute Gasteiger partial charge is 0.354 e. The number of amides is 3. The first-order chi connectivity index (χ1) is 19.1. The molecule has 2 aliphatic rings. The molecule has 2 aromatic carbocycles. The summed E-state index contributed by atoms with van der Waals surface area (Å²) in [4.78, 5) is 47.4. The van der Waals surface area contributed by atoms with Crippen molar-refractivity contribution in [3.8, 4) is 0 Å². The summed E-state index contributed by atoms with van der Waals surface area (Å²) in [6.07, 6.45) is 3.19. The highest BCUT2D eigenvalue weighted by molar-refractivity contribution is 6.35. The Bertz CT molecular complexity index is 1440. The summed E-state index contributed by atoms with van der Waals surface area (Å²) in [5.41, 5.74) is 1.39. The van der Waals surface area contributed by atoms with Gasteiger partial charge in [-0.25, -0.2) is 9.38 Å². The van der Waals surface area contributed by atoms with Crippen molar-refractivity contribution in [3.05, 3.63) is 100 Å². The molecule has 3 amide bonds. The maximum Gasteiger partial charge on any atom is 0.262 e. The first kappa shape index (κ1) is 28.7.